The summed E-state index contributed by atoms with van der Waals surface area (Å²) in [6.07, 6.45) is 32.4. The van der Waals surface area contributed by atoms with Crippen molar-refractivity contribution in [2.45, 2.75) is 56.8 Å². The van der Waals surface area contributed by atoms with E-state index in [1.54, 1.807) is 0 Å². The number of fused-ring (bicyclic) bond motifs is 8. The first kappa shape index (κ1) is 35.6. The van der Waals surface area contributed by atoms with Crippen LogP contribution >= 0.6 is 0 Å². The van der Waals surface area contributed by atoms with Crippen LogP contribution in [0.1, 0.15) is 73.0 Å². The summed E-state index contributed by atoms with van der Waals surface area (Å²) in [5.74, 6) is 0.143. The Morgan fingerprint density at radius 3 is 2.15 bits per heavy atom. The topological polar surface area (TPSA) is 13.1 Å². The summed E-state index contributed by atoms with van der Waals surface area (Å²) >= 11 is 0. The fourth-order valence-corrected chi connectivity index (χ4v) is 11.9. The molecule has 0 saturated carbocycles. The zero-order valence-corrected chi connectivity index (χ0v) is 35.1. The lowest BCUT2D eigenvalue weighted by Gasteiger charge is -2.44. The fraction of sp³-hybridized carbons (Fsp3) is 0.153. The van der Waals surface area contributed by atoms with Crippen LogP contribution < -0.4 is 4.90 Å². The average molecular weight is 798 g/mol. The van der Waals surface area contributed by atoms with Gasteiger partial charge in [-0.2, -0.15) is 0 Å². The van der Waals surface area contributed by atoms with Gasteiger partial charge in [0.05, 0.1) is 11.2 Å². The average Bonchev–Trinajstić information content (AvgIpc) is 3.83. The van der Waals surface area contributed by atoms with Crippen molar-refractivity contribution in [1.82, 2.24) is 9.13 Å². The summed E-state index contributed by atoms with van der Waals surface area (Å²) < 4.78 is 5.31. The Bertz CT molecular complexity index is 3220. The van der Waals surface area contributed by atoms with Crippen molar-refractivity contribution in [1.29, 1.82) is 0 Å². The number of benzene rings is 5. The standard InChI is InChI=1S/C59H47N3/c1-59-38-16-27-49-47-24-12-11-23-46(47)48-26-15-29-52-53(48)55(56(49)59)57(54-50-25-13-14-28-51(50)62(58(54)59)43-21-9-4-10-22-43)61(52)45-36-32-40(33-37-45)39-30-34-44(35-31-39)60(41-17-5-2-6-18-41)42-19-7-3-8-20-42/h2-3,5-7,9,11-12,14-19,21-24,26-38,56H,4,8,10,13,20,25H2,1H3. The molecule has 298 valence electrons. The number of aromatic nitrogens is 2. The molecular weight excluding hydrogens is 751 g/mol. The van der Waals surface area contributed by atoms with E-state index in [4.69, 9.17) is 0 Å². The Hall–Kier alpha value is -7.10. The smallest absolute Gasteiger partial charge is 0.0601 e. The zero-order chi connectivity index (χ0) is 40.9. The SMILES string of the molecule is CC12C=CC=C3c4ccccc4-c4cccc5c4c(c(n5-c4ccc(-c5ccc(N(C6=CC=CCC6)c6ccccc6)cc5)cc4)-c4c5c(n(C6=CCCC=C6)c41)C=CCC5)C32. The maximum atomic E-state index is 2.67. The molecule has 2 heterocycles. The van der Waals surface area contributed by atoms with Crippen LogP contribution in [0.15, 0.2) is 188 Å². The molecule has 0 bridgehead atoms. The van der Waals surface area contributed by atoms with Gasteiger partial charge in [0.25, 0.3) is 0 Å². The second-order valence-corrected chi connectivity index (χ2v) is 17.9. The lowest BCUT2D eigenvalue weighted by atomic mass is 9.60. The lowest BCUT2D eigenvalue weighted by molar-refractivity contribution is 0.508. The number of nitrogens with zero attached hydrogens (tertiary/aromatic N) is 3. The van der Waals surface area contributed by atoms with Gasteiger partial charge in [0, 0.05) is 62.1 Å². The summed E-state index contributed by atoms with van der Waals surface area (Å²) in [6.45, 7) is 2.53. The number of hydrogen-bond acceptors (Lipinski definition) is 1. The molecule has 3 nitrogen and oxygen atoms in total. The summed E-state index contributed by atoms with van der Waals surface area (Å²) in [5.41, 5.74) is 23.6. The molecule has 2 unspecified atom stereocenters. The van der Waals surface area contributed by atoms with E-state index in [-0.39, 0.29) is 11.3 Å². The van der Waals surface area contributed by atoms with E-state index in [0.717, 1.165) is 38.5 Å². The monoisotopic (exact) mass is 797 g/mol. The van der Waals surface area contributed by atoms with Crippen molar-refractivity contribution < 1.29 is 0 Å². The van der Waals surface area contributed by atoms with Crippen molar-refractivity contribution >= 4 is 39.6 Å². The van der Waals surface area contributed by atoms with Crippen molar-refractivity contribution in [3.63, 3.8) is 0 Å². The third-order valence-corrected chi connectivity index (χ3v) is 14.5. The Balaban J connectivity index is 1.02. The van der Waals surface area contributed by atoms with E-state index >= 15 is 0 Å². The van der Waals surface area contributed by atoms with Gasteiger partial charge in [0.15, 0.2) is 0 Å². The molecule has 3 heteroatoms. The van der Waals surface area contributed by atoms with Gasteiger partial charge in [-0.1, -0.05) is 127 Å². The first-order valence-electron chi connectivity index (χ1n) is 22.6. The molecule has 2 atom stereocenters. The number of para-hydroxylation sites is 1. The molecule has 5 aromatic carbocycles. The highest BCUT2D eigenvalue weighted by Crippen LogP contribution is 2.65. The molecule has 0 fully saturated rings. The van der Waals surface area contributed by atoms with Gasteiger partial charge < -0.3 is 14.0 Å². The maximum absolute atomic E-state index is 2.67. The number of hydrogen-bond donors (Lipinski definition) is 0. The molecule has 0 amide bonds. The van der Waals surface area contributed by atoms with E-state index < -0.39 is 0 Å². The van der Waals surface area contributed by atoms with Gasteiger partial charge in [-0.3, -0.25) is 0 Å². The van der Waals surface area contributed by atoms with Crippen LogP contribution in [-0.2, 0) is 11.8 Å². The molecule has 0 spiro atoms. The van der Waals surface area contributed by atoms with Crippen molar-refractivity contribution in [3.8, 4) is 39.2 Å². The van der Waals surface area contributed by atoms with Crippen molar-refractivity contribution in [2.75, 3.05) is 4.90 Å². The molecular formula is C59H47N3. The molecule has 6 aliphatic rings. The lowest BCUT2D eigenvalue weighted by Crippen LogP contribution is -2.36. The Morgan fingerprint density at radius 1 is 0.613 bits per heavy atom. The summed E-state index contributed by atoms with van der Waals surface area (Å²) in [4.78, 5) is 2.41. The summed E-state index contributed by atoms with van der Waals surface area (Å²) in [6, 6.07) is 45.5. The predicted molar refractivity (Wildman–Crippen MR) is 260 cm³/mol. The first-order chi connectivity index (χ1) is 30.7. The number of allylic oxidation sites excluding steroid dienone is 13. The molecule has 13 rings (SSSR count). The zero-order valence-electron chi connectivity index (χ0n) is 35.1. The van der Waals surface area contributed by atoms with E-state index in [0.29, 0.717) is 0 Å². The number of anilines is 2. The van der Waals surface area contributed by atoms with E-state index in [1.165, 1.54) is 107 Å². The van der Waals surface area contributed by atoms with Gasteiger partial charge in [-0.05, 0) is 151 Å². The van der Waals surface area contributed by atoms with Crippen LogP contribution in [0.25, 0.3) is 67.4 Å². The van der Waals surface area contributed by atoms with Crippen molar-refractivity contribution in [3.05, 3.63) is 216 Å². The Kier molecular flexibility index (Phi) is 7.88. The molecule has 2 aromatic heterocycles. The van der Waals surface area contributed by atoms with E-state index in [9.17, 15) is 0 Å². The van der Waals surface area contributed by atoms with Gasteiger partial charge in [-0.25, -0.2) is 0 Å². The van der Waals surface area contributed by atoms with Gasteiger partial charge >= 0.3 is 0 Å². The van der Waals surface area contributed by atoms with Crippen LogP contribution in [-0.4, -0.2) is 9.13 Å². The highest BCUT2D eigenvalue weighted by molar-refractivity contribution is 6.11. The quantitative estimate of drug-likeness (QED) is 0.163. The minimum Gasteiger partial charge on any atom is -0.314 e. The number of rotatable bonds is 6. The third-order valence-electron chi connectivity index (χ3n) is 14.5. The molecule has 0 N–H and O–H groups in total. The van der Waals surface area contributed by atoms with Crippen LogP contribution in [0.4, 0.5) is 11.4 Å². The van der Waals surface area contributed by atoms with E-state index in [1.807, 2.05) is 0 Å². The van der Waals surface area contributed by atoms with Crippen LogP contribution in [0.2, 0.25) is 0 Å². The molecule has 62 heavy (non-hydrogen) atoms. The van der Waals surface area contributed by atoms with Crippen molar-refractivity contribution in [2.24, 2.45) is 0 Å². The predicted octanol–water partition coefficient (Wildman–Crippen LogP) is 15.3. The van der Waals surface area contributed by atoms with E-state index in [2.05, 4.69) is 209 Å². The molecule has 0 radical (unpaired) electrons. The van der Waals surface area contributed by atoms with Gasteiger partial charge in [0.2, 0.25) is 0 Å². The normalized spacial score (nSPS) is 19.9. The molecule has 0 aliphatic heterocycles. The Labute approximate surface area is 364 Å². The summed E-state index contributed by atoms with van der Waals surface area (Å²) in [5, 5.41) is 1.39. The second kappa shape index (κ2) is 13.7. The Morgan fingerprint density at radius 2 is 1.35 bits per heavy atom. The minimum atomic E-state index is -0.274. The molecule has 6 aliphatic carbocycles. The fourth-order valence-electron chi connectivity index (χ4n) is 11.9. The molecule has 7 aromatic rings. The highest BCUT2D eigenvalue weighted by Gasteiger charge is 2.52. The third kappa shape index (κ3) is 5.05. The second-order valence-electron chi connectivity index (χ2n) is 17.9. The summed E-state index contributed by atoms with van der Waals surface area (Å²) in [7, 11) is 0. The molecule has 0 saturated heterocycles. The van der Waals surface area contributed by atoms with Crippen LogP contribution in [0.3, 0.4) is 0 Å². The van der Waals surface area contributed by atoms with Crippen LogP contribution in [0.5, 0.6) is 0 Å². The highest BCUT2D eigenvalue weighted by atomic mass is 15.1. The first-order valence-corrected chi connectivity index (χ1v) is 22.6. The maximum Gasteiger partial charge on any atom is 0.0601 e. The van der Waals surface area contributed by atoms with Crippen LogP contribution in [0, 0.1) is 0 Å². The minimum absolute atomic E-state index is 0.143. The van der Waals surface area contributed by atoms with Gasteiger partial charge in [0.1, 0.15) is 0 Å². The van der Waals surface area contributed by atoms with Gasteiger partial charge in [-0.15, -0.1) is 0 Å². The largest absolute Gasteiger partial charge is 0.314 e.